The fourth-order valence-corrected chi connectivity index (χ4v) is 4.84. The lowest BCUT2D eigenvalue weighted by molar-refractivity contribution is 0.413. The summed E-state index contributed by atoms with van der Waals surface area (Å²) in [5.41, 5.74) is 2.62. The lowest BCUT2D eigenvalue weighted by Crippen LogP contribution is -2.24. The van der Waals surface area contributed by atoms with Gasteiger partial charge >= 0.3 is 0 Å². The highest BCUT2D eigenvalue weighted by Crippen LogP contribution is 2.47. The average molecular weight is 401 g/mol. The van der Waals surface area contributed by atoms with Crippen LogP contribution in [0.5, 0.6) is 5.75 Å². The number of ether oxygens (including phenoxy) is 1. The first-order valence-electron chi connectivity index (χ1n) is 9.08. The molecule has 1 aliphatic heterocycles. The SMILES string of the molecule is COc1ccc2c(c1)S[C@@H](c1ccc(F)cc1F)CCN2Cc1cnc(C)[nH]1. The number of hydrogen-bond donors (Lipinski definition) is 1. The fourth-order valence-electron chi connectivity index (χ4n) is 3.49. The molecule has 0 bridgehead atoms. The Morgan fingerprint density at radius 3 is 2.82 bits per heavy atom. The summed E-state index contributed by atoms with van der Waals surface area (Å²) < 4.78 is 33.2. The van der Waals surface area contributed by atoms with Crippen molar-refractivity contribution in [3.8, 4) is 5.75 Å². The third-order valence-electron chi connectivity index (χ3n) is 4.86. The van der Waals surface area contributed by atoms with Crippen molar-refractivity contribution in [1.82, 2.24) is 9.97 Å². The number of anilines is 1. The van der Waals surface area contributed by atoms with Crippen molar-refractivity contribution < 1.29 is 13.5 Å². The molecule has 28 heavy (non-hydrogen) atoms. The zero-order valence-corrected chi connectivity index (χ0v) is 16.5. The van der Waals surface area contributed by atoms with Crippen LogP contribution in [0, 0.1) is 18.6 Å². The number of benzene rings is 2. The predicted molar refractivity (Wildman–Crippen MR) is 107 cm³/mol. The molecule has 1 atom stereocenters. The van der Waals surface area contributed by atoms with Gasteiger partial charge in [-0.15, -0.1) is 11.8 Å². The number of aryl methyl sites for hydroxylation is 1. The molecule has 4 rings (SSSR count). The molecule has 3 aromatic rings. The first-order valence-corrected chi connectivity index (χ1v) is 9.96. The van der Waals surface area contributed by atoms with Gasteiger partial charge in [0.25, 0.3) is 0 Å². The first kappa shape index (κ1) is 18.8. The monoisotopic (exact) mass is 401 g/mol. The van der Waals surface area contributed by atoms with Gasteiger partial charge in [-0.05, 0) is 37.6 Å². The molecule has 1 aromatic heterocycles. The number of H-pyrrole nitrogens is 1. The first-order chi connectivity index (χ1) is 13.5. The summed E-state index contributed by atoms with van der Waals surface area (Å²) in [5, 5.41) is -0.111. The van der Waals surface area contributed by atoms with Crippen molar-refractivity contribution in [2.24, 2.45) is 0 Å². The van der Waals surface area contributed by atoms with Crippen LogP contribution < -0.4 is 9.64 Å². The van der Waals surface area contributed by atoms with Crippen LogP contribution in [0.1, 0.15) is 28.8 Å². The Balaban J connectivity index is 1.69. The molecule has 0 saturated heterocycles. The molecular formula is C21H21F2N3OS. The number of thioether (sulfide) groups is 1. The molecule has 0 spiro atoms. The minimum Gasteiger partial charge on any atom is -0.497 e. The number of nitrogens with one attached hydrogen (secondary N) is 1. The number of methoxy groups -OCH3 is 1. The molecule has 146 valence electrons. The minimum absolute atomic E-state index is 0.111. The van der Waals surface area contributed by atoms with Crippen LogP contribution in [0.15, 0.2) is 47.5 Å². The Hall–Kier alpha value is -2.54. The van der Waals surface area contributed by atoms with Crippen LogP contribution in [0.25, 0.3) is 0 Å². The van der Waals surface area contributed by atoms with E-state index >= 15 is 0 Å². The smallest absolute Gasteiger partial charge is 0.130 e. The Morgan fingerprint density at radius 1 is 1.25 bits per heavy atom. The zero-order chi connectivity index (χ0) is 19.7. The molecule has 0 aliphatic carbocycles. The van der Waals surface area contributed by atoms with Crippen LogP contribution in [-0.4, -0.2) is 23.6 Å². The highest BCUT2D eigenvalue weighted by molar-refractivity contribution is 7.99. The molecular weight excluding hydrogens is 380 g/mol. The number of rotatable bonds is 4. The third-order valence-corrected chi connectivity index (χ3v) is 6.22. The summed E-state index contributed by atoms with van der Waals surface area (Å²) in [4.78, 5) is 10.8. The minimum atomic E-state index is -0.557. The maximum atomic E-state index is 14.4. The summed E-state index contributed by atoms with van der Waals surface area (Å²) >= 11 is 1.59. The van der Waals surface area contributed by atoms with Crippen molar-refractivity contribution in [3.63, 3.8) is 0 Å². The number of hydrogen-bond acceptors (Lipinski definition) is 4. The van der Waals surface area contributed by atoms with Gasteiger partial charge in [0.2, 0.25) is 0 Å². The quantitative estimate of drug-likeness (QED) is 0.648. The molecule has 0 amide bonds. The summed E-state index contributed by atoms with van der Waals surface area (Å²) in [7, 11) is 1.63. The second kappa shape index (κ2) is 7.83. The summed E-state index contributed by atoms with van der Waals surface area (Å²) in [6, 6.07) is 9.78. The Labute approximate surface area is 166 Å². The van der Waals surface area contributed by atoms with Gasteiger partial charge < -0.3 is 14.6 Å². The van der Waals surface area contributed by atoms with E-state index in [0.717, 1.165) is 46.9 Å². The molecule has 2 heterocycles. The standard InChI is InChI=1S/C21H21F2N3OS/c1-13-24-11-15(25-13)12-26-8-7-20(17-5-3-14(22)9-18(17)23)28-21-10-16(27-2)4-6-19(21)26/h3-6,9-11,20H,7-8,12H2,1-2H3,(H,24,25)/t20-/m1/s1. The van der Waals surface area contributed by atoms with Crippen LogP contribution in [0.4, 0.5) is 14.5 Å². The highest BCUT2D eigenvalue weighted by atomic mass is 32.2. The molecule has 2 aromatic carbocycles. The van der Waals surface area contributed by atoms with Crippen LogP contribution in [0.3, 0.4) is 0 Å². The van der Waals surface area contributed by atoms with Crippen molar-refractivity contribution in [3.05, 3.63) is 71.3 Å². The van der Waals surface area contributed by atoms with E-state index in [1.165, 1.54) is 6.07 Å². The normalized spacial score (nSPS) is 16.6. The average Bonchev–Trinajstić information content (AvgIpc) is 3.00. The molecule has 0 fully saturated rings. The third kappa shape index (κ3) is 3.85. The van der Waals surface area contributed by atoms with E-state index in [4.69, 9.17) is 4.74 Å². The van der Waals surface area contributed by atoms with Gasteiger partial charge in [0, 0.05) is 28.3 Å². The predicted octanol–water partition coefficient (Wildman–Crippen LogP) is 5.25. The Morgan fingerprint density at radius 2 is 2.11 bits per heavy atom. The number of aromatic nitrogens is 2. The van der Waals surface area contributed by atoms with Crippen LogP contribution in [-0.2, 0) is 6.54 Å². The number of halogens is 2. The van der Waals surface area contributed by atoms with Gasteiger partial charge in [-0.25, -0.2) is 13.8 Å². The topological polar surface area (TPSA) is 41.1 Å². The lowest BCUT2D eigenvalue weighted by Gasteiger charge is -2.24. The Bertz CT molecular complexity index is 992. The molecule has 0 unspecified atom stereocenters. The summed E-state index contributed by atoms with van der Waals surface area (Å²) in [6.45, 7) is 3.35. The van der Waals surface area contributed by atoms with E-state index < -0.39 is 11.6 Å². The van der Waals surface area contributed by atoms with Crippen LogP contribution >= 0.6 is 11.8 Å². The summed E-state index contributed by atoms with van der Waals surface area (Å²) in [5.74, 6) is 0.571. The number of aromatic amines is 1. The van der Waals surface area contributed by atoms with Crippen molar-refractivity contribution in [2.75, 3.05) is 18.6 Å². The van der Waals surface area contributed by atoms with E-state index in [2.05, 4.69) is 14.9 Å². The van der Waals surface area contributed by atoms with E-state index in [9.17, 15) is 8.78 Å². The van der Waals surface area contributed by atoms with Gasteiger partial charge in [-0.3, -0.25) is 0 Å². The van der Waals surface area contributed by atoms with Gasteiger partial charge in [-0.2, -0.15) is 0 Å². The Kier molecular flexibility index (Phi) is 5.26. The molecule has 1 N–H and O–H groups in total. The van der Waals surface area contributed by atoms with Gasteiger partial charge in [0.05, 0.1) is 31.2 Å². The zero-order valence-electron chi connectivity index (χ0n) is 15.7. The lowest BCUT2D eigenvalue weighted by atomic mass is 10.1. The van der Waals surface area contributed by atoms with Crippen molar-refractivity contribution in [2.45, 2.75) is 30.0 Å². The highest BCUT2D eigenvalue weighted by Gasteiger charge is 2.26. The van der Waals surface area contributed by atoms with Gasteiger partial charge in [0.15, 0.2) is 0 Å². The fraction of sp³-hybridized carbons (Fsp3) is 0.286. The second-order valence-electron chi connectivity index (χ2n) is 6.81. The van der Waals surface area contributed by atoms with E-state index in [1.807, 2.05) is 31.3 Å². The molecule has 0 radical (unpaired) electrons. The maximum Gasteiger partial charge on any atom is 0.130 e. The van der Waals surface area contributed by atoms with E-state index in [1.54, 1.807) is 24.9 Å². The molecule has 0 saturated carbocycles. The number of imidazole rings is 1. The second-order valence-corrected chi connectivity index (χ2v) is 8.05. The van der Waals surface area contributed by atoms with Crippen molar-refractivity contribution in [1.29, 1.82) is 0 Å². The van der Waals surface area contributed by atoms with Gasteiger partial charge in [-0.1, -0.05) is 6.07 Å². The van der Waals surface area contributed by atoms with Gasteiger partial charge in [0.1, 0.15) is 23.2 Å². The van der Waals surface area contributed by atoms with E-state index in [0.29, 0.717) is 12.1 Å². The maximum absolute atomic E-state index is 14.4. The number of fused-ring (bicyclic) bond motifs is 1. The number of nitrogens with zero attached hydrogens (tertiary/aromatic N) is 2. The molecule has 4 nitrogen and oxygen atoms in total. The molecule has 7 heteroatoms. The largest absolute Gasteiger partial charge is 0.497 e. The molecule has 1 aliphatic rings. The summed E-state index contributed by atoms with van der Waals surface area (Å²) in [6.07, 6.45) is 2.57. The van der Waals surface area contributed by atoms with Crippen LogP contribution in [0.2, 0.25) is 0 Å². The van der Waals surface area contributed by atoms with E-state index in [-0.39, 0.29) is 5.25 Å². The van der Waals surface area contributed by atoms with Crippen molar-refractivity contribution >= 4 is 17.4 Å².